The normalized spacial score (nSPS) is 10.9. The summed E-state index contributed by atoms with van der Waals surface area (Å²) in [6.45, 7) is 6.10. The molecule has 2 aromatic carbocycles. The van der Waals surface area contributed by atoms with Gasteiger partial charge < -0.3 is 14.8 Å². The van der Waals surface area contributed by atoms with Gasteiger partial charge in [-0.1, -0.05) is 30.0 Å². The van der Waals surface area contributed by atoms with Crippen molar-refractivity contribution in [1.82, 2.24) is 14.5 Å². The number of fused-ring (bicyclic) bond motifs is 1. The predicted octanol–water partition coefficient (Wildman–Crippen LogP) is 4.78. The molecule has 0 saturated carbocycles. The maximum atomic E-state index is 13.2. The molecular formula is C26H27N5O2S. The molecule has 7 nitrogen and oxygen atoms in total. The first-order valence-electron chi connectivity index (χ1n) is 11.2. The van der Waals surface area contributed by atoms with E-state index in [9.17, 15) is 9.59 Å². The van der Waals surface area contributed by atoms with Crippen molar-refractivity contribution in [3.63, 3.8) is 0 Å². The molecule has 0 aliphatic heterocycles. The minimum atomic E-state index is -0.175. The van der Waals surface area contributed by atoms with Crippen molar-refractivity contribution in [3.8, 4) is 0 Å². The SMILES string of the molecule is CCN(CC)c1ccc(NC(=O)CSc2cc(C(=O)c3nccn3C)c3ccccc3n2)cc1. The Morgan fingerprint density at radius 2 is 1.79 bits per heavy atom. The molecule has 0 radical (unpaired) electrons. The van der Waals surface area contributed by atoms with Gasteiger partial charge in [-0.25, -0.2) is 9.97 Å². The molecule has 0 aliphatic carbocycles. The van der Waals surface area contributed by atoms with Crippen LogP contribution < -0.4 is 10.2 Å². The zero-order valence-electron chi connectivity index (χ0n) is 19.5. The van der Waals surface area contributed by atoms with E-state index in [0.717, 1.165) is 29.9 Å². The molecule has 0 atom stereocenters. The molecule has 2 aromatic heterocycles. The zero-order chi connectivity index (χ0) is 24.1. The van der Waals surface area contributed by atoms with Crippen molar-refractivity contribution in [2.24, 2.45) is 7.05 Å². The summed E-state index contributed by atoms with van der Waals surface area (Å²) in [5.74, 6) is 0.232. The molecule has 0 fully saturated rings. The van der Waals surface area contributed by atoms with Gasteiger partial charge in [0.2, 0.25) is 11.7 Å². The van der Waals surface area contributed by atoms with Crippen LogP contribution in [0.4, 0.5) is 11.4 Å². The Labute approximate surface area is 203 Å². The van der Waals surface area contributed by atoms with E-state index in [1.54, 1.807) is 30.1 Å². The minimum absolute atomic E-state index is 0.132. The third-order valence-electron chi connectivity index (χ3n) is 5.59. The van der Waals surface area contributed by atoms with Gasteiger partial charge >= 0.3 is 0 Å². The average Bonchev–Trinajstić information content (AvgIpc) is 3.29. The minimum Gasteiger partial charge on any atom is -0.372 e. The van der Waals surface area contributed by atoms with Crippen LogP contribution in [0.1, 0.15) is 30.0 Å². The number of imidazole rings is 1. The maximum Gasteiger partial charge on any atom is 0.234 e. The van der Waals surface area contributed by atoms with Gasteiger partial charge in [0.15, 0.2) is 5.82 Å². The van der Waals surface area contributed by atoms with Crippen molar-refractivity contribution in [2.75, 3.05) is 29.1 Å². The lowest BCUT2D eigenvalue weighted by Crippen LogP contribution is -2.21. The van der Waals surface area contributed by atoms with E-state index in [1.165, 1.54) is 11.8 Å². The van der Waals surface area contributed by atoms with E-state index in [0.29, 0.717) is 21.9 Å². The second-order valence-electron chi connectivity index (χ2n) is 7.77. The Bertz CT molecular complexity index is 1310. The third kappa shape index (κ3) is 5.12. The van der Waals surface area contributed by atoms with E-state index in [4.69, 9.17) is 0 Å². The largest absolute Gasteiger partial charge is 0.372 e. The number of nitrogens with one attached hydrogen (secondary N) is 1. The van der Waals surface area contributed by atoms with Crippen LogP contribution in [0.15, 0.2) is 72.0 Å². The molecule has 2 heterocycles. The number of aryl methyl sites for hydroxylation is 1. The lowest BCUT2D eigenvalue weighted by molar-refractivity contribution is -0.113. The number of thioether (sulfide) groups is 1. The molecule has 0 unspecified atom stereocenters. The number of hydrogen-bond acceptors (Lipinski definition) is 6. The van der Waals surface area contributed by atoms with Gasteiger partial charge in [0.1, 0.15) is 0 Å². The molecule has 8 heteroatoms. The van der Waals surface area contributed by atoms with E-state index >= 15 is 0 Å². The molecule has 4 rings (SSSR count). The zero-order valence-corrected chi connectivity index (χ0v) is 20.3. The van der Waals surface area contributed by atoms with Crippen LogP contribution in [0.5, 0.6) is 0 Å². The smallest absolute Gasteiger partial charge is 0.234 e. The average molecular weight is 474 g/mol. The summed E-state index contributed by atoms with van der Waals surface area (Å²) >= 11 is 1.30. The summed E-state index contributed by atoms with van der Waals surface area (Å²) in [6.07, 6.45) is 3.34. The maximum absolute atomic E-state index is 13.2. The van der Waals surface area contributed by atoms with Gasteiger partial charge in [0.05, 0.1) is 16.3 Å². The van der Waals surface area contributed by atoms with Gasteiger partial charge in [0.25, 0.3) is 0 Å². The Hall–Kier alpha value is -3.65. The molecular weight excluding hydrogens is 446 g/mol. The van der Waals surface area contributed by atoms with Crippen molar-refractivity contribution in [2.45, 2.75) is 18.9 Å². The Morgan fingerprint density at radius 3 is 2.47 bits per heavy atom. The predicted molar refractivity (Wildman–Crippen MR) is 138 cm³/mol. The quantitative estimate of drug-likeness (QED) is 0.278. The number of ketones is 1. The Balaban J connectivity index is 1.49. The number of rotatable bonds is 9. The van der Waals surface area contributed by atoms with Crippen LogP contribution in [0, 0.1) is 0 Å². The van der Waals surface area contributed by atoms with Gasteiger partial charge in [-0.15, -0.1) is 0 Å². The van der Waals surface area contributed by atoms with Crippen molar-refractivity contribution < 1.29 is 9.59 Å². The van der Waals surface area contributed by atoms with Crippen molar-refractivity contribution in [3.05, 3.63) is 78.4 Å². The first kappa shape index (κ1) is 23.5. The van der Waals surface area contributed by atoms with Crippen LogP contribution >= 0.6 is 11.8 Å². The number of nitrogens with zero attached hydrogens (tertiary/aromatic N) is 4. The summed E-state index contributed by atoms with van der Waals surface area (Å²) in [5.41, 5.74) is 3.11. The Kier molecular flexibility index (Phi) is 7.27. The molecule has 1 amide bonds. The van der Waals surface area contributed by atoms with Crippen LogP contribution in [0.3, 0.4) is 0 Å². The molecule has 174 valence electrons. The van der Waals surface area contributed by atoms with E-state index < -0.39 is 0 Å². The van der Waals surface area contributed by atoms with Gasteiger partial charge in [0, 0.05) is 54.9 Å². The van der Waals surface area contributed by atoms with Crippen LogP contribution in [-0.2, 0) is 11.8 Å². The standard InChI is InChI=1S/C26H27N5O2S/c1-4-31(5-2)19-12-10-18(11-13-19)28-23(32)17-34-24-16-21(20-8-6-7-9-22(20)29-24)25(33)26-27-14-15-30(26)3/h6-16H,4-5,17H2,1-3H3,(H,28,32). The summed E-state index contributed by atoms with van der Waals surface area (Å²) in [5, 5.41) is 4.31. The molecule has 0 aliphatic rings. The highest BCUT2D eigenvalue weighted by Crippen LogP contribution is 2.26. The number of para-hydroxylation sites is 1. The number of benzene rings is 2. The molecule has 34 heavy (non-hydrogen) atoms. The highest BCUT2D eigenvalue weighted by molar-refractivity contribution is 7.99. The van der Waals surface area contributed by atoms with E-state index in [-0.39, 0.29) is 17.4 Å². The monoisotopic (exact) mass is 473 g/mol. The lowest BCUT2D eigenvalue weighted by Gasteiger charge is -2.21. The number of carbonyl (C=O) groups is 2. The van der Waals surface area contributed by atoms with Gasteiger partial charge in [-0.2, -0.15) is 0 Å². The van der Waals surface area contributed by atoms with E-state index in [2.05, 4.69) is 34.0 Å². The second kappa shape index (κ2) is 10.5. The fourth-order valence-electron chi connectivity index (χ4n) is 3.80. The fourth-order valence-corrected chi connectivity index (χ4v) is 4.51. The lowest BCUT2D eigenvalue weighted by atomic mass is 10.1. The van der Waals surface area contributed by atoms with Gasteiger partial charge in [-0.05, 0) is 50.2 Å². The number of hydrogen-bond donors (Lipinski definition) is 1. The third-order valence-corrected chi connectivity index (χ3v) is 6.50. The molecule has 0 saturated heterocycles. The Morgan fingerprint density at radius 1 is 1.06 bits per heavy atom. The van der Waals surface area contributed by atoms with Gasteiger partial charge in [-0.3, -0.25) is 9.59 Å². The summed E-state index contributed by atoms with van der Waals surface area (Å²) in [7, 11) is 1.79. The number of amides is 1. The highest BCUT2D eigenvalue weighted by Gasteiger charge is 2.19. The number of carbonyl (C=O) groups excluding carboxylic acids is 2. The molecule has 0 spiro atoms. The first-order valence-corrected chi connectivity index (χ1v) is 12.2. The molecule has 4 aromatic rings. The summed E-state index contributed by atoms with van der Waals surface area (Å²) < 4.78 is 1.70. The van der Waals surface area contributed by atoms with Crippen molar-refractivity contribution in [1.29, 1.82) is 0 Å². The van der Waals surface area contributed by atoms with Crippen LogP contribution in [0.25, 0.3) is 10.9 Å². The fraction of sp³-hybridized carbons (Fsp3) is 0.231. The summed E-state index contributed by atoms with van der Waals surface area (Å²) in [6, 6.07) is 17.1. The van der Waals surface area contributed by atoms with E-state index in [1.807, 2.05) is 48.5 Å². The van der Waals surface area contributed by atoms with Crippen LogP contribution in [-0.4, -0.2) is 45.1 Å². The van der Waals surface area contributed by atoms with Crippen LogP contribution in [0.2, 0.25) is 0 Å². The number of pyridine rings is 1. The number of aromatic nitrogens is 3. The first-order chi connectivity index (χ1) is 16.5. The molecule has 0 bridgehead atoms. The summed E-state index contributed by atoms with van der Waals surface area (Å²) in [4.78, 5) is 36.9. The highest BCUT2D eigenvalue weighted by atomic mass is 32.2. The molecule has 1 N–H and O–H groups in total. The second-order valence-corrected chi connectivity index (χ2v) is 8.77. The topological polar surface area (TPSA) is 80.1 Å². The van der Waals surface area contributed by atoms with Crippen molar-refractivity contribution >= 4 is 45.7 Å². The number of anilines is 2.